The minimum Gasteiger partial charge on any atom is -0.489 e. The van der Waals surface area contributed by atoms with Crippen LogP contribution in [-0.4, -0.2) is 21.0 Å². The molecule has 0 saturated heterocycles. The molecule has 0 fully saturated rings. The summed E-state index contributed by atoms with van der Waals surface area (Å²) in [6.45, 7) is 4.43. The molecule has 0 spiro atoms. The second-order valence-corrected chi connectivity index (χ2v) is 7.89. The molecular formula is C26H26N4O3. The van der Waals surface area contributed by atoms with E-state index in [2.05, 4.69) is 20.4 Å². The number of aryl methyl sites for hydroxylation is 2. The van der Waals surface area contributed by atoms with Crippen molar-refractivity contribution in [3.63, 3.8) is 0 Å². The van der Waals surface area contributed by atoms with E-state index < -0.39 is 0 Å². The Balaban J connectivity index is 1.24. The molecule has 0 aliphatic heterocycles. The zero-order chi connectivity index (χ0) is 23.0. The van der Waals surface area contributed by atoms with Crippen molar-refractivity contribution in [3.8, 4) is 17.1 Å². The van der Waals surface area contributed by atoms with Gasteiger partial charge in [-0.15, -0.1) is 0 Å². The lowest BCUT2D eigenvalue weighted by Gasteiger charge is -2.15. The van der Waals surface area contributed by atoms with Crippen LogP contribution in [0, 0.1) is 6.92 Å². The topological polar surface area (TPSA) is 90.1 Å². The minimum absolute atomic E-state index is 0.0745. The Morgan fingerprint density at radius 1 is 1.09 bits per heavy atom. The molecule has 4 rings (SSSR count). The Hall–Kier alpha value is -4.00. The van der Waals surface area contributed by atoms with Gasteiger partial charge >= 0.3 is 0 Å². The third kappa shape index (κ3) is 6.26. The SMILES string of the molecule is Cc1ccc(-c2noc(CCC(=O)NC(C)c3ccc(OCc4cccnc4)cc3)n2)cc1. The van der Waals surface area contributed by atoms with E-state index in [1.807, 2.05) is 74.5 Å². The van der Waals surface area contributed by atoms with E-state index in [1.54, 1.807) is 12.4 Å². The van der Waals surface area contributed by atoms with Crippen LogP contribution in [0.4, 0.5) is 0 Å². The molecule has 2 heterocycles. The summed E-state index contributed by atoms with van der Waals surface area (Å²) in [6, 6.07) is 19.3. The molecule has 2 aromatic heterocycles. The molecule has 1 N–H and O–H groups in total. The van der Waals surface area contributed by atoms with Crippen molar-refractivity contribution in [2.45, 2.75) is 39.3 Å². The van der Waals surface area contributed by atoms with Crippen LogP contribution in [0.2, 0.25) is 0 Å². The number of hydrogen-bond acceptors (Lipinski definition) is 6. The lowest BCUT2D eigenvalue weighted by atomic mass is 10.1. The van der Waals surface area contributed by atoms with Crippen LogP contribution in [-0.2, 0) is 17.8 Å². The van der Waals surface area contributed by atoms with Crippen LogP contribution in [0.5, 0.6) is 5.75 Å². The van der Waals surface area contributed by atoms with Crippen molar-refractivity contribution in [1.82, 2.24) is 20.4 Å². The lowest BCUT2D eigenvalue weighted by Crippen LogP contribution is -2.26. The van der Waals surface area contributed by atoms with Crippen molar-refractivity contribution in [3.05, 3.63) is 95.6 Å². The number of carbonyl (C=O) groups excluding carboxylic acids is 1. The normalized spacial score (nSPS) is 11.7. The van der Waals surface area contributed by atoms with E-state index in [-0.39, 0.29) is 18.4 Å². The quantitative estimate of drug-likeness (QED) is 0.399. The van der Waals surface area contributed by atoms with Crippen LogP contribution in [0.3, 0.4) is 0 Å². The van der Waals surface area contributed by atoms with Gasteiger partial charge in [-0.05, 0) is 37.6 Å². The van der Waals surface area contributed by atoms with Crippen LogP contribution >= 0.6 is 0 Å². The number of nitrogens with zero attached hydrogens (tertiary/aromatic N) is 3. The summed E-state index contributed by atoms with van der Waals surface area (Å²) >= 11 is 0. The van der Waals surface area contributed by atoms with E-state index in [4.69, 9.17) is 9.26 Å². The zero-order valence-corrected chi connectivity index (χ0v) is 18.7. The Morgan fingerprint density at radius 2 is 1.88 bits per heavy atom. The number of hydrogen-bond donors (Lipinski definition) is 1. The van der Waals surface area contributed by atoms with Crippen molar-refractivity contribution in [1.29, 1.82) is 0 Å². The molecule has 7 heteroatoms. The van der Waals surface area contributed by atoms with Gasteiger partial charge in [0.25, 0.3) is 0 Å². The second kappa shape index (κ2) is 10.5. The van der Waals surface area contributed by atoms with Crippen LogP contribution < -0.4 is 10.1 Å². The Bertz CT molecular complexity index is 1170. The number of pyridine rings is 1. The molecule has 168 valence electrons. The molecule has 4 aromatic rings. The summed E-state index contributed by atoms with van der Waals surface area (Å²) in [5.41, 5.74) is 4.06. The number of nitrogens with one attached hydrogen (secondary N) is 1. The first-order chi connectivity index (χ1) is 16.1. The van der Waals surface area contributed by atoms with Gasteiger partial charge in [0.1, 0.15) is 12.4 Å². The van der Waals surface area contributed by atoms with Gasteiger partial charge in [-0.2, -0.15) is 4.98 Å². The molecular weight excluding hydrogens is 416 g/mol. The van der Waals surface area contributed by atoms with E-state index >= 15 is 0 Å². The highest BCUT2D eigenvalue weighted by Gasteiger charge is 2.13. The van der Waals surface area contributed by atoms with Crippen molar-refractivity contribution < 1.29 is 14.1 Å². The lowest BCUT2D eigenvalue weighted by molar-refractivity contribution is -0.121. The van der Waals surface area contributed by atoms with Gasteiger partial charge in [0, 0.05) is 36.4 Å². The van der Waals surface area contributed by atoms with Gasteiger partial charge < -0.3 is 14.6 Å². The molecule has 0 radical (unpaired) electrons. The van der Waals surface area contributed by atoms with Gasteiger partial charge in [-0.3, -0.25) is 9.78 Å². The number of carbonyl (C=O) groups is 1. The monoisotopic (exact) mass is 442 g/mol. The first-order valence-corrected chi connectivity index (χ1v) is 10.9. The molecule has 0 aliphatic carbocycles. The summed E-state index contributed by atoms with van der Waals surface area (Å²) in [5, 5.41) is 7.02. The maximum atomic E-state index is 12.4. The third-order valence-electron chi connectivity index (χ3n) is 5.23. The predicted molar refractivity (Wildman–Crippen MR) is 124 cm³/mol. The minimum atomic E-state index is -0.129. The number of ether oxygens (including phenoxy) is 1. The van der Waals surface area contributed by atoms with E-state index in [9.17, 15) is 4.79 Å². The summed E-state index contributed by atoms with van der Waals surface area (Å²) in [4.78, 5) is 20.9. The number of benzene rings is 2. The first-order valence-electron chi connectivity index (χ1n) is 10.9. The maximum absolute atomic E-state index is 12.4. The molecule has 33 heavy (non-hydrogen) atoms. The smallest absolute Gasteiger partial charge is 0.227 e. The fourth-order valence-electron chi connectivity index (χ4n) is 3.30. The molecule has 0 aliphatic rings. The highest BCUT2D eigenvalue weighted by atomic mass is 16.5. The summed E-state index contributed by atoms with van der Waals surface area (Å²) in [5.74, 6) is 1.67. The molecule has 0 bridgehead atoms. The Labute approximate surface area is 192 Å². The summed E-state index contributed by atoms with van der Waals surface area (Å²) in [6.07, 6.45) is 4.17. The van der Waals surface area contributed by atoms with Crippen molar-refractivity contribution in [2.75, 3.05) is 0 Å². The van der Waals surface area contributed by atoms with E-state index in [0.29, 0.717) is 24.7 Å². The average molecular weight is 443 g/mol. The molecule has 7 nitrogen and oxygen atoms in total. The fourth-order valence-corrected chi connectivity index (χ4v) is 3.30. The largest absolute Gasteiger partial charge is 0.489 e. The standard InChI is InChI=1S/C26H26N4O3/c1-18-5-7-22(8-6-18)26-29-25(33-30-26)14-13-24(31)28-19(2)21-9-11-23(12-10-21)32-17-20-4-3-15-27-16-20/h3-12,15-16,19H,13-14,17H2,1-2H3,(H,28,31). The molecule has 1 unspecified atom stereocenters. The summed E-state index contributed by atoms with van der Waals surface area (Å²) < 4.78 is 11.1. The maximum Gasteiger partial charge on any atom is 0.227 e. The molecule has 1 atom stereocenters. The molecule has 0 saturated carbocycles. The van der Waals surface area contributed by atoms with Crippen LogP contribution in [0.1, 0.15) is 42.0 Å². The van der Waals surface area contributed by atoms with Crippen molar-refractivity contribution in [2.24, 2.45) is 0 Å². The molecule has 2 aromatic carbocycles. The number of rotatable bonds is 9. The summed E-state index contributed by atoms with van der Waals surface area (Å²) in [7, 11) is 0. The van der Waals surface area contributed by atoms with Gasteiger partial charge in [-0.25, -0.2) is 0 Å². The average Bonchev–Trinajstić information content (AvgIpc) is 3.32. The zero-order valence-electron chi connectivity index (χ0n) is 18.7. The predicted octanol–water partition coefficient (Wildman–Crippen LogP) is 4.83. The number of amides is 1. The van der Waals surface area contributed by atoms with Gasteiger partial charge in [-0.1, -0.05) is 53.2 Å². The third-order valence-corrected chi connectivity index (χ3v) is 5.23. The van der Waals surface area contributed by atoms with Gasteiger partial charge in [0.05, 0.1) is 6.04 Å². The number of aromatic nitrogens is 3. The van der Waals surface area contributed by atoms with E-state index in [0.717, 1.165) is 22.4 Å². The van der Waals surface area contributed by atoms with Crippen LogP contribution in [0.15, 0.2) is 77.6 Å². The second-order valence-electron chi connectivity index (χ2n) is 7.89. The first kappa shape index (κ1) is 22.2. The van der Waals surface area contributed by atoms with Gasteiger partial charge in [0.2, 0.25) is 17.6 Å². The highest BCUT2D eigenvalue weighted by molar-refractivity contribution is 5.76. The fraction of sp³-hybridized carbons (Fsp3) is 0.231. The molecule has 1 amide bonds. The highest BCUT2D eigenvalue weighted by Crippen LogP contribution is 2.19. The van der Waals surface area contributed by atoms with E-state index in [1.165, 1.54) is 5.56 Å². The van der Waals surface area contributed by atoms with Crippen molar-refractivity contribution >= 4 is 5.91 Å². The van der Waals surface area contributed by atoms with Crippen LogP contribution in [0.25, 0.3) is 11.4 Å². The Morgan fingerprint density at radius 3 is 2.61 bits per heavy atom. The Kier molecular flexibility index (Phi) is 7.09. The van der Waals surface area contributed by atoms with Gasteiger partial charge in [0.15, 0.2) is 0 Å².